The molecule has 12 atom stereocenters. The van der Waals surface area contributed by atoms with E-state index >= 15 is 0 Å². The van der Waals surface area contributed by atoms with Crippen molar-refractivity contribution in [2.75, 3.05) is 19.8 Å². The third-order valence-corrected chi connectivity index (χ3v) is 9.20. The zero-order valence-electron chi connectivity index (χ0n) is 35.6. The molecule has 0 aromatic heterocycles. The maximum Gasteiger partial charge on any atom is 1.00 e. The number of rotatable bonds is 26. The smallest absolute Gasteiger partial charge is 0.870 e. The Balaban J connectivity index is -0.000000261. The molecular formula is C12H18K9O38S9-3. The van der Waals surface area contributed by atoms with Crippen LogP contribution in [-0.4, -0.2) is 195 Å². The molecule has 0 aromatic rings. The van der Waals surface area contributed by atoms with Gasteiger partial charge in [-0.25, -0.2) is 63.1 Å². The van der Waals surface area contributed by atoms with Crippen LogP contribution in [0.25, 0.3) is 0 Å². The zero-order valence-corrected chi connectivity index (χ0v) is 71.1. The SMILES string of the molecule is O=S([O-])O[C@@H]1[C@@H](OS(=O)(=O)[O-])[C@H](OC[C@H](OS(=O)(=O)[O-])[C@@H](OS(=O)[O-])[C@H](OS(=O)(=O)[O-])[C@@H](COS(=O)(=O)[O-])OS(=O)(=O)[O-])O[C@H](COS(=O)(=O)[O-])[C@H]1OS(=O)[O-].[K+].[K+].[K+].[K+].[K+].[K+].[K+].[K+].[K+].[OH-].[OH-].[OH-]. The van der Waals surface area contributed by atoms with Gasteiger partial charge in [0.25, 0.3) is 0 Å². The number of hydrogen-bond acceptors (Lipinski definition) is 38. The average molecular weight is 1410 g/mol. The quantitative estimate of drug-likeness (QED) is 0.0336. The average Bonchev–Trinajstić information content (AvgIpc) is 2.93. The molecule has 1 fully saturated rings. The minimum atomic E-state index is -6.55. The molecule has 0 spiro atoms. The van der Waals surface area contributed by atoms with Crippen LogP contribution in [0.1, 0.15) is 0 Å². The molecule has 0 aromatic carbocycles. The fraction of sp³-hybridized carbons (Fsp3) is 1.00. The summed E-state index contributed by atoms with van der Waals surface area (Å²) in [5.41, 5.74) is 0. The van der Waals surface area contributed by atoms with Crippen LogP contribution >= 0.6 is 0 Å². The van der Waals surface area contributed by atoms with Gasteiger partial charge in [-0.3, -0.25) is 37.6 Å². The van der Waals surface area contributed by atoms with E-state index in [9.17, 15) is 104 Å². The number of hydrogen-bond donors (Lipinski definition) is 0. The first-order chi connectivity index (χ1) is 25.0. The Morgan fingerprint density at radius 2 is 0.824 bits per heavy atom. The molecule has 56 heteroatoms. The molecule has 1 aliphatic heterocycles. The van der Waals surface area contributed by atoms with Gasteiger partial charge >= 0.3 is 462 Å². The van der Waals surface area contributed by atoms with Gasteiger partial charge in [0.2, 0.25) is 62.4 Å². The second-order valence-electron chi connectivity index (χ2n) is 9.08. The number of ether oxygens (including phenoxy) is 2. The first-order valence-corrected chi connectivity index (χ1v) is 23.3. The summed E-state index contributed by atoms with van der Waals surface area (Å²) in [7, 11) is -37.7. The van der Waals surface area contributed by atoms with Crippen molar-refractivity contribution in [3.63, 3.8) is 0 Å². The van der Waals surface area contributed by atoms with Crippen molar-refractivity contribution in [1.29, 1.82) is 0 Å². The molecule has 0 amide bonds. The molecule has 38 nitrogen and oxygen atoms in total. The summed E-state index contributed by atoms with van der Waals surface area (Å²) in [5.74, 6) is 0. The summed E-state index contributed by atoms with van der Waals surface area (Å²) < 4.78 is 317. The first kappa shape index (κ1) is 110. The van der Waals surface area contributed by atoms with Crippen molar-refractivity contribution in [1.82, 2.24) is 0 Å². The molecule has 3 N–H and O–H groups in total. The van der Waals surface area contributed by atoms with Gasteiger partial charge in [-0.1, -0.05) is 0 Å². The van der Waals surface area contributed by atoms with E-state index in [1.54, 1.807) is 0 Å². The zero-order chi connectivity index (χ0) is 43.8. The standard InChI is InChI=1S/C12H24O35S9.9K.3H2O/c13-48(14)41-7-4(2-38-51(19,20)21)40-12(11(47-56(34,35)36)10(7)43-50(17)18)37-1-5(44-53(25,26)27)8(42-49(15)16)9(46-55(31,32)33)6(45-54(28,29)30)3-39-52(22,23)24;;;;;;;;;;;;/h4-12H,1-3H2,(H,13,14)(H,15,16)(H,17,18)(H,19,20,21)(H,22,23,24)(H,25,26,27)(H,28,29,30)(H,31,32,33)(H,34,35,36);;;;;;;;;;3*1H2/q;9*+1;;;/p-12/t4-,5+,6-,7-,8-,9-,10+,11-,12-;;;;;;;;;;;;/m1............/s1. The molecular weight excluding hydrogens is 1390 g/mol. The largest absolute Gasteiger partial charge is 1.00 e. The first-order valence-electron chi connectivity index (χ1n) is 12.3. The molecule has 0 saturated carbocycles. The van der Waals surface area contributed by atoms with Crippen LogP contribution in [-0.2, 0) is 144 Å². The van der Waals surface area contributed by atoms with Crippen LogP contribution in [0, 0.1) is 0 Å². The third kappa shape index (κ3) is 55.3. The second-order valence-corrected chi connectivity index (χ2v) is 17.0. The summed E-state index contributed by atoms with van der Waals surface area (Å²) in [5, 5.41) is 0. The predicted molar refractivity (Wildman–Crippen MR) is 151 cm³/mol. The fourth-order valence-electron chi connectivity index (χ4n) is 3.82. The van der Waals surface area contributed by atoms with Crippen molar-refractivity contribution in [2.45, 2.75) is 55.1 Å². The molecule has 3 unspecified atom stereocenters. The Hall–Kier alpha value is 14.0. The van der Waals surface area contributed by atoms with Crippen LogP contribution in [0.5, 0.6) is 0 Å². The van der Waals surface area contributed by atoms with E-state index in [2.05, 4.69) is 37.6 Å². The molecule has 0 bridgehead atoms. The summed E-state index contributed by atoms with van der Waals surface area (Å²) >= 11 is -12.3. The fourth-order valence-corrected chi connectivity index (χ4v) is 7.57. The van der Waals surface area contributed by atoms with Gasteiger partial charge in [-0.2, -0.15) is 0 Å². The van der Waals surface area contributed by atoms with Crippen molar-refractivity contribution in [2.24, 2.45) is 0 Å². The molecule has 1 rings (SSSR count). The normalized spacial score (nSPS) is 21.2. The maximum atomic E-state index is 11.6. The summed E-state index contributed by atoms with van der Waals surface area (Å²) in [4.78, 5) is 0. The van der Waals surface area contributed by atoms with E-state index in [1.807, 2.05) is 0 Å². The topological polar surface area (TPSA) is 655 Å². The van der Waals surface area contributed by atoms with E-state index in [1.165, 1.54) is 0 Å². The molecule has 1 aliphatic rings. The van der Waals surface area contributed by atoms with Crippen LogP contribution < -0.4 is 462 Å². The van der Waals surface area contributed by atoms with Crippen LogP contribution in [0.4, 0.5) is 0 Å². The summed E-state index contributed by atoms with van der Waals surface area (Å²) in [6.45, 7) is -6.38. The van der Waals surface area contributed by atoms with E-state index in [4.69, 9.17) is 9.47 Å². The minimum absolute atomic E-state index is 0. The Bertz CT molecular complexity index is 2100. The van der Waals surface area contributed by atoms with E-state index in [-0.39, 0.29) is 479 Å². The van der Waals surface area contributed by atoms with E-state index in [0.29, 0.717) is 0 Å². The van der Waals surface area contributed by atoms with Gasteiger partial charge in [0.05, 0.1) is 53.9 Å². The van der Waals surface area contributed by atoms with Gasteiger partial charge in [0.1, 0.15) is 42.7 Å². The van der Waals surface area contributed by atoms with Crippen LogP contribution in [0.2, 0.25) is 0 Å². The van der Waals surface area contributed by atoms with Crippen LogP contribution in [0.3, 0.4) is 0 Å². The maximum absolute atomic E-state index is 11.6. The Morgan fingerprint density at radius 1 is 0.456 bits per heavy atom. The van der Waals surface area contributed by atoms with E-state index < -0.39 is 171 Å². The molecule has 1 heterocycles. The third-order valence-electron chi connectivity index (χ3n) is 5.34. The van der Waals surface area contributed by atoms with Crippen molar-refractivity contribution in [3.05, 3.63) is 0 Å². The monoisotopic (exact) mass is 1410 g/mol. The van der Waals surface area contributed by atoms with Crippen LogP contribution in [0.15, 0.2) is 0 Å². The Morgan fingerprint density at radius 3 is 1.15 bits per heavy atom. The molecule has 0 radical (unpaired) electrons. The van der Waals surface area contributed by atoms with Crippen molar-refractivity contribution < 1.29 is 630 Å². The van der Waals surface area contributed by atoms with Gasteiger partial charge in [0, 0.05) is 0 Å². The Labute approximate surface area is 778 Å². The molecule has 0 aliphatic carbocycles. The summed E-state index contributed by atoms with van der Waals surface area (Å²) in [6.07, 6.45) is -29.0. The Kier molecular flexibility index (Phi) is 83.6. The van der Waals surface area contributed by atoms with Gasteiger partial charge in [0.15, 0.2) is 12.4 Å². The minimum Gasteiger partial charge on any atom is -0.870 e. The van der Waals surface area contributed by atoms with Gasteiger partial charge in [-0.05, 0) is 0 Å². The van der Waals surface area contributed by atoms with E-state index in [0.717, 1.165) is 0 Å². The van der Waals surface area contributed by atoms with Gasteiger partial charge < -0.3 is 66.9 Å². The van der Waals surface area contributed by atoms with Crippen molar-refractivity contribution >= 4 is 96.5 Å². The molecule has 360 valence electrons. The van der Waals surface area contributed by atoms with Gasteiger partial charge in [-0.15, -0.1) is 0 Å². The molecule has 1 saturated heterocycles. The molecule has 68 heavy (non-hydrogen) atoms. The summed E-state index contributed by atoms with van der Waals surface area (Å²) in [6, 6.07) is 0. The second kappa shape index (κ2) is 51.8. The van der Waals surface area contributed by atoms with Crippen molar-refractivity contribution in [3.8, 4) is 0 Å². The predicted octanol–water partition coefficient (Wildman–Crippen LogP) is -36.9.